The van der Waals surface area contributed by atoms with E-state index in [0.717, 1.165) is 25.3 Å². The summed E-state index contributed by atoms with van der Waals surface area (Å²) >= 11 is 6.22. The van der Waals surface area contributed by atoms with Gasteiger partial charge in [0.25, 0.3) is 0 Å². The van der Waals surface area contributed by atoms with Crippen LogP contribution in [-0.2, 0) is 17.5 Å². The molecule has 0 amide bonds. The highest BCUT2D eigenvalue weighted by molar-refractivity contribution is 6.31. The fourth-order valence-corrected chi connectivity index (χ4v) is 4.05. The molecule has 10 heteroatoms. The maximum atomic E-state index is 14.1. The first-order chi connectivity index (χ1) is 17.5. The molecular formula is C27H19ClF5NO3. The van der Waals surface area contributed by atoms with Gasteiger partial charge >= 0.3 is 12.1 Å². The lowest BCUT2D eigenvalue weighted by Crippen LogP contribution is -2.11. The Kier molecular flexibility index (Phi) is 7.27. The fraction of sp³-hybridized carbons (Fsp3) is 0.148. The number of aryl methyl sites for hydroxylation is 1. The Labute approximate surface area is 213 Å². The first-order valence-corrected chi connectivity index (χ1v) is 11.2. The van der Waals surface area contributed by atoms with Crippen molar-refractivity contribution in [3.05, 3.63) is 106 Å². The van der Waals surface area contributed by atoms with Crippen LogP contribution in [0.25, 0.3) is 16.9 Å². The van der Waals surface area contributed by atoms with Crippen molar-refractivity contribution in [2.24, 2.45) is 0 Å². The largest absolute Gasteiger partial charge is 0.488 e. The molecule has 0 N–H and O–H groups in total. The van der Waals surface area contributed by atoms with Gasteiger partial charge in [-0.25, -0.2) is 13.6 Å². The van der Waals surface area contributed by atoms with Gasteiger partial charge in [0.15, 0.2) is 0 Å². The second-order valence-electron chi connectivity index (χ2n) is 8.08. The third-order valence-corrected chi connectivity index (χ3v) is 5.89. The number of esters is 1. The van der Waals surface area contributed by atoms with Crippen molar-refractivity contribution in [2.45, 2.75) is 19.7 Å². The number of hydrogen-bond acceptors (Lipinski definition) is 3. The van der Waals surface area contributed by atoms with Crippen LogP contribution in [0, 0.1) is 18.6 Å². The van der Waals surface area contributed by atoms with Gasteiger partial charge in [-0.3, -0.25) is 0 Å². The fourth-order valence-electron chi connectivity index (χ4n) is 3.88. The van der Waals surface area contributed by atoms with E-state index in [9.17, 15) is 26.7 Å². The summed E-state index contributed by atoms with van der Waals surface area (Å²) in [6.07, 6.45) is -4.73. The van der Waals surface area contributed by atoms with E-state index in [1.54, 1.807) is 19.1 Å². The Morgan fingerprint density at radius 3 is 2.32 bits per heavy atom. The number of nitrogens with zero attached hydrogens (tertiary/aromatic N) is 1. The zero-order valence-electron chi connectivity index (χ0n) is 19.5. The number of alkyl halides is 3. The van der Waals surface area contributed by atoms with Crippen molar-refractivity contribution in [1.29, 1.82) is 0 Å². The van der Waals surface area contributed by atoms with Gasteiger partial charge in [0, 0.05) is 22.0 Å². The Bertz CT molecular complexity index is 1460. The van der Waals surface area contributed by atoms with Gasteiger partial charge in [0.05, 0.1) is 29.5 Å². The normalized spacial score (nSPS) is 11.5. The molecule has 1 aromatic heterocycles. The molecule has 0 aliphatic rings. The molecule has 3 aromatic carbocycles. The number of aromatic nitrogens is 1. The van der Waals surface area contributed by atoms with Gasteiger partial charge < -0.3 is 14.0 Å². The average Bonchev–Trinajstić information content (AvgIpc) is 3.24. The third kappa shape index (κ3) is 5.46. The molecule has 0 unspecified atom stereocenters. The molecule has 0 aliphatic carbocycles. The standard InChI is InChI=1S/C27H19ClF5NO3/c1-15-6-8-24(34(15)19-11-16(26(35)36-2)10-17(12-19)27(31,32)33)20-13-18(28)7-9-25(20)37-14-21-22(29)4-3-5-23(21)30/h3-13H,14H2,1-2H3. The minimum atomic E-state index is -4.73. The second kappa shape index (κ2) is 10.3. The summed E-state index contributed by atoms with van der Waals surface area (Å²) in [6, 6.07) is 14.2. The summed E-state index contributed by atoms with van der Waals surface area (Å²) in [5.41, 5.74) is -0.301. The van der Waals surface area contributed by atoms with Gasteiger partial charge in [-0.2, -0.15) is 13.2 Å². The molecular weight excluding hydrogens is 517 g/mol. The third-order valence-electron chi connectivity index (χ3n) is 5.65. The molecule has 4 nitrogen and oxygen atoms in total. The predicted molar refractivity (Wildman–Crippen MR) is 128 cm³/mol. The monoisotopic (exact) mass is 535 g/mol. The Morgan fingerprint density at radius 2 is 1.68 bits per heavy atom. The van der Waals surface area contributed by atoms with E-state index >= 15 is 0 Å². The van der Waals surface area contributed by atoms with Crippen LogP contribution in [0.3, 0.4) is 0 Å². The molecule has 0 bridgehead atoms. The van der Waals surface area contributed by atoms with Crippen LogP contribution >= 0.6 is 11.6 Å². The van der Waals surface area contributed by atoms with Gasteiger partial charge in [0.1, 0.15) is 24.0 Å². The van der Waals surface area contributed by atoms with Crippen LogP contribution in [-0.4, -0.2) is 17.6 Å². The van der Waals surface area contributed by atoms with Gasteiger partial charge in [-0.1, -0.05) is 17.7 Å². The summed E-state index contributed by atoms with van der Waals surface area (Å²) in [6.45, 7) is 1.23. The van der Waals surface area contributed by atoms with E-state index in [2.05, 4.69) is 4.74 Å². The lowest BCUT2D eigenvalue weighted by molar-refractivity contribution is -0.137. The molecule has 192 valence electrons. The number of benzene rings is 3. The Balaban J connectivity index is 1.85. The molecule has 4 rings (SSSR count). The van der Waals surface area contributed by atoms with Crippen molar-refractivity contribution in [1.82, 2.24) is 4.57 Å². The molecule has 0 aliphatic heterocycles. The SMILES string of the molecule is COC(=O)c1cc(-n2c(C)ccc2-c2cc(Cl)ccc2OCc2c(F)cccc2F)cc(C(F)(F)F)c1. The number of ether oxygens (including phenoxy) is 2. The Hall–Kier alpha value is -3.85. The zero-order chi connectivity index (χ0) is 26.9. The molecule has 0 spiro atoms. The molecule has 4 aromatic rings. The second-order valence-corrected chi connectivity index (χ2v) is 8.52. The van der Waals surface area contributed by atoms with E-state index in [1.807, 2.05) is 0 Å². The number of carbonyl (C=O) groups is 1. The minimum Gasteiger partial charge on any atom is -0.488 e. The van der Waals surface area contributed by atoms with Crippen molar-refractivity contribution >= 4 is 17.6 Å². The van der Waals surface area contributed by atoms with Crippen molar-refractivity contribution < 1.29 is 36.2 Å². The highest BCUT2D eigenvalue weighted by atomic mass is 35.5. The summed E-state index contributed by atoms with van der Waals surface area (Å²) in [5.74, 6) is -2.31. The van der Waals surface area contributed by atoms with E-state index in [0.29, 0.717) is 28.0 Å². The van der Waals surface area contributed by atoms with E-state index < -0.39 is 36.0 Å². The van der Waals surface area contributed by atoms with E-state index in [4.69, 9.17) is 16.3 Å². The van der Waals surface area contributed by atoms with Crippen molar-refractivity contribution in [2.75, 3.05) is 7.11 Å². The van der Waals surface area contributed by atoms with Crippen LogP contribution < -0.4 is 4.74 Å². The maximum Gasteiger partial charge on any atom is 0.416 e. The van der Waals surface area contributed by atoms with Crippen molar-refractivity contribution in [3.8, 4) is 22.7 Å². The number of carbonyl (C=O) groups excluding carboxylic acids is 1. The number of methoxy groups -OCH3 is 1. The highest BCUT2D eigenvalue weighted by Crippen LogP contribution is 2.38. The first-order valence-electron chi connectivity index (χ1n) is 10.8. The zero-order valence-corrected chi connectivity index (χ0v) is 20.3. The van der Waals surface area contributed by atoms with Crippen molar-refractivity contribution in [3.63, 3.8) is 0 Å². The Morgan fingerprint density at radius 1 is 0.973 bits per heavy atom. The number of halogens is 6. The molecule has 0 saturated heterocycles. The predicted octanol–water partition coefficient (Wildman–Crippen LogP) is 7.77. The van der Waals surface area contributed by atoms with Gasteiger partial charge in [0.2, 0.25) is 0 Å². The van der Waals surface area contributed by atoms with Gasteiger partial charge in [-0.05, 0) is 67.6 Å². The molecule has 0 fully saturated rings. The van der Waals surface area contributed by atoms with Crippen LogP contribution in [0.5, 0.6) is 5.75 Å². The summed E-state index contributed by atoms with van der Waals surface area (Å²) in [7, 11) is 1.07. The molecule has 0 atom stereocenters. The summed E-state index contributed by atoms with van der Waals surface area (Å²) in [5, 5.41) is 0.295. The van der Waals surface area contributed by atoms with Crippen LogP contribution in [0.15, 0.2) is 66.7 Å². The first kappa shape index (κ1) is 26.2. The maximum absolute atomic E-state index is 14.1. The molecule has 0 saturated carbocycles. The number of hydrogen-bond donors (Lipinski definition) is 0. The lowest BCUT2D eigenvalue weighted by atomic mass is 10.1. The minimum absolute atomic E-state index is 0.0406. The molecule has 37 heavy (non-hydrogen) atoms. The smallest absolute Gasteiger partial charge is 0.416 e. The van der Waals surface area contributed by atoms with E-state index in [-0.39, 0.29) is 22.6 Å². The highest BCUT2D eigenvalue weighted by Gasteiger charge is 2.32. The quantitative estimate of drug-likeness (QED) is 0.187. The topological polar surface area (TPSA) is 40.5 Å². The average molecular weight is 536 g/mol. The van der Waals surface area contributed by atoms with Gasteiger partial charge in [-0.15, -0.1) is 0 Å². The lowest BCUT2D eigenvalue weighted by Gasteiger charge is -2.18. The summed E-state index contributed by atoms with van der Waals surface area (Å²) in [4.78, 5) is 12.1. The van der Waals surface area contributed by atoms with Crippen LogP contribution in [0.1, 0.15) is 27.2 Å². The van der Waals surface area contributed by atoms with Crippen LogP contribution in [0.4, 0.5) is 22.0 Å². The van der Waals surface area contributed by atoms with E-state index in [1.165, 1.54) is 34.9 Å². The molecule has 1 heterocycles. The molecule has 0 radical (unpaired) electrons. The summed E-state index contributed by atoms with van der Waals surface area (Å²) < 4.78 is 81.1. The van der Waals surface area contributed by atoms with Crippen LogP contribution in [0.2, 0.25) is 5.02 Å². The number of rotatable bonds is 6.